The molecule has 0 bridgehead atoms. The highest BCUT2D eigenvalue weighted by Crippen LogP contribution is 2.10. The summed E-state index contributed by atoms with van der Waals surface area (Å²) in [4.78, 5) is 31.0. The maximum atomic E-state index is 12.4. The zero-order valence-electron chi connectivity index (χ0n) is 12.0. The molecule has 0 radical (unpaired) electrons. The molecule has 2 heterocycles. The number of amides is 1. The van der Waals surface area contributed by atoms with Crippen LogP contribution >= 0.6 is 0 Å². The largest absolute Gasteiger partial charge is 0.478 e. The molecule has 0 spiro atoms. The topological polar surface area (TPSA) is 73.7 Å². The van der Waals surface area contributed by atoms with Crippen LogP contribution in [-0.2, 0) is 4.79 Å². The van der Waals surface area contributed by atoms with E-state index in [1.54, 1.807) is 6.07 Å². The van der Waals surface area contributed by atoms with Crippen molar-refractivity contribution in [2.75, 3.05) is 32.7 Å². The van der Waals surface area contributed by atoms with Crippen molar-refractivity contribution < 1.29 is 14.7 Å². The number of carboxylic acid groups (broad SMARTS) is 1. The van der Waals surface area contributed by atoms with Crippen LogP contribution in [0.15, 0.2) is 24.5 Å². The molecule has 1 N–H and O–H groups in total. The van der Waals surface area contributed by atoms with Gasteiger partial charge in [-0.3, -0.25) is 9.78 Å². The van der Waals surface area contributed by atoms with Gasteiger partial charge in [0.25, 0.3) is 5.91 Å². The van der Waals surface area contributed by atoms with Crippen LogP contribution in [-0.4, -0.2) is 64.5 Å². The van der Waals surface area contributed by atoms with Crippen molar-refractivity contribution in [3.8, 4) is 0 Å². The number of carbonyl (C=O) groups excluding carboxylic acids is 1. The van der Waals surface area contributed by atoms with Crippen LogP contribution < -0.4 is 0 Å². The van der Waals surface area contributed by atoms with Crippen LogP contribution in [0.25, 0.3) is 6.08 Å². The molecule has 6 heteroatoms. The first kappa shape index (κ1) is 15.2. The van der Waals surface area contributed by atoms with E-state index >= 15 is 0 Å². The maximum absolute atomic E-state index is 12.4. The Morgan fingerprint density at radius 1 is 1.29 bits per heavy atom. The summed E-state index contributed by atoms with van der Waals surface area (Å²) in [6, 6.07) is 1.67. The van der Waals surface area contributed by atoms with E-state index in [-0.39, 0.29) is 5.91 Å². The summed E-state index contributed by atoms with van der Waals surface area (Å²) in [7, 11) is 0. The van der Waals surface area contributed by atoms with Crippen LogP contribution in [0.1, 0.15) is 22.8 Å². The summed E-state index contributed by atoms with van der Waals surface area (Å²) in [5.41, 5.74) is 1.10. The zero-order chi connectivity index (χ0) is 15.2. The lowest BCUT2D eigenvalue weighted by atomic mass is 10.1. The van der Waals surface area contributed by atoms with E-state index < -0.39 is 5.97 Å². The molecule has 0 aliphatic carbocycles. The fourth-order valence-corrected chi connectivity index (χ4v) is 2.28. The normalized spacial score (nSPS) is 16.3. The summed E-state index contributed by atoms with van der Waals surface area (Å²) in [5, 5.41) is 8.62. The number of carbonyl (C=O) groups is 2. The molecule has 1 amide bonds. The van der Waals surface area contributed by atoms with Gasteiger partial charge in [-0.15, -0.1) is 0 Å². The summed E-state index contributed by atoms with van der Waals surface area (Å²) in [5.74, 6) is -1.08. The first-order chi connectivity index (χ1) is 10.1. The molecule has 0 aromatic carbocycles. The van der Waals surface area contributed by atoms with Crippen molar-refractivity contribution in [1.82, 2.24) is 14.8 Å². The third-order valence-electron chi connectivity index (χ3n) is 3.53. The van der Waals surface area contributed by atoms with Gasteiger partial charge in [-0.05, 0) is 24.3 Å². The van der Waals surface area contributed by atoms with Crippen molar-refractivity contribution in [2.45, 2.75) is 6.92 Å². The van der Waals surface area contributed by atoms with Crippen LogP contribution in [0.4, 0.5) is 0 Å². The van der Waals surface area contributed by atoms with Gasteiger partial charge < -0.3 is 14.9 Å². The molecule has 1 fully saturated rings. The number of hydrogen-bond donors (Lipinski definition) is 1. The summed E-state index contributed by atoms with van der Waals surface area (Å²) < 4.78 is 0. The molecule has 1 aliphatic rings. The summed E-state index contributed by atoms with van der Waals surface area (Å²) in [6.45, 7) is 6.30. The minimum atomic E-state index is -1.03. The molecule has 1 aromatic rings. The Hall–Kier alpha value is -2.21. The average molecular weight is 289 g/mol. The van der Waals surface area contributed by atoms with Crippen molar-refractivity contribution in [2.24, 2.45) is 0 Å². The number of rotatable bonds is 4. The molecular weight excluding hydrogens is 270 g/mol. The number of likely N-dealkylation sites (N-methyl/N-ethyl adjacent to an activating group) is 1. The van der Waals surface area contributed by atoms with E-state index in [2.05, 4.69) is 16.8 Å². The molecule has 21 heavy (non-hydrogen) atoms. The highest BCUT2D eigenvalue weighted by Gasteiger charge is 2.21. The predicted molar refractivity (Wildman–Crippen MR) is 78.9 cm³/mol. The van der Waals surface area contributed by atoms with Gasteiger partial charge in [0.1, 0.15) is 0 Å². The Morgan fingerprint density at radius 2 is 2.00 bits per heavy atom. The number of piperazine rings is 1. The van der Waals surface area contributed by atoms with E-state index in [0.717, 1.165) is 25.7 Å². The lowest BCUT2D eigenvalue weighted by Gasteiger charge is -2.34. The van der Waals surface area contributed by atoms with Gasteiger partial charge in [0.2, 0.25) is 0 Å². The standard InChI is InChI=1S/C15H19N3O3/c1-2-17-5-7-18(8-6-17)15(21)13-9-12(10-16-11-13)3-4-14(19)20/h3-4,9-11H,2,5-8H2,1H3,(H,19,20). The van der Waals surface area contributed by atoms with E-state index in [4.69, 9.17) is 5.11 Å². The predicted octanol–water partition coefficient (Wildman–Crippen LogP) is 0.957. The molecule has 112 valence electrons. The average Bonchev–Trinajstić information content (AvgIpc) is 2.52. The molecule has 1 aliphatic heterocycles. The van der Waals surface area contributed by atoms with Crippen molar-refractivity contribution >= 4 is 18.0 Å². The Bertz CT molecular complexity index is 549. The van der Waals surface area contributed by atoms with Gasteiger partial charge in [0, 0.05) is 44.6 Å². The SMILES string of the molecule is CCN1CCN(C(=O)c2cncc(C=CC(=O)O)c2)CC1. The molecule has 1 saturated heterocycles. The Balaban J connectivity index is 2.06. The number of pyridine rings is 1. The Kier molecular flexibility index (Phi) is 5.05. The van der Waals surface area contributed by atoms with Crippen molar-refractivity contribution in [1.29, 1.82) is 0 Å². The van der Waals surface area contributed by atoms with Crippen LogP contribution in [0.5, 0.6) is 0 Å². The highest BCUT2D eigenvalue weighted by atomic mass is 16.4. The minimum Gasteiger partial charge on any atom is -0.478 e. The smallest absolute Gasteiger partial charge is 0.328 e. The van der Waals surface area contributed by atoms with Crippen molar-refractivity contribution in [3.63, 3.8) is 0 Å². The monoisotopic (exact) mass is 289 g/mol. The van der Waals surface area contributed by atoms with Crippen molar-refractivity contribution in [3.05, 3.63) is 35.7 Å². The van der Waals surface area contributed by atoms with Gasteiger partial charge >= 0.3 is 5.97 Å². The molecule has 0 saturated carbocycles. The molecule has 0 atom stereocenters. The molecule has 2 rings (SSSR count). The van der Waals surface area contributed by atoms with Gasteiger partial charge in [0.15, 0.2) is 0 Å². The van der Waals surface area contributed by atoms with Gasteiger partial charge in [0.05, 0.1) is 5.56 Å². The van der Waals surface area contributed by atoms with Gasteiger partial charge in [-0.1, -0.05) is 6.92 Å². The second-order valence-corrected chi connectivity index (χ2v) is 4.90. The number of nitrogens with zero attached hydrogens (tertiary/aromatic N) is 3. The van der Waals surface area contributed by atoms with E-state index in [1.807, 2.05) is 4.90 Å². The third-order valence-corrected chi connectivity index (χ3v) is 3.53. The van der Waals surface area contributed by atoms with E-state index in [1.165, 1.54) is 18.5 Å². The Labute approximate surface area is 123 Å². The van der Waals surface area contributed by atoms with E-state index in [0.29, 0.717) is 24.2 Å². The third kappa shape index (κ3) is 4.13. The number of hydrogen-bond acceptors (Lipinski definition) is 4. The molecular formula is C15H19N3O3. The zero-order valence-corrected chi connectivity index (χ0v) is 12.0. The highest BCUT2D eigenvalue weighted by molar-refractivity contribution is 5.95. The number of carboxylic acids is 1. The quantitative estimate of drug-likeness (QED) is 0.836. The molecule has 0 unspecified atom stereocenters. The molecule has 1 aromatic heterocycles. The number of aromatic nitrogens is 1. The van der Waals surface area contributed by atoms with Gasteiger partial charge in [-0.25, -0.2) is 4.79 Å². The minimum absolute atomic E-state index is 0.0520. The fraction of sp³-hybridized carbons (Fsp3) is 0.400. The molecule has 6 nitrogen and oxygen atoms in total. The Morgan fingerprint density at radius 3 is 2.62 bits per heavy atom. The number of aliphatic carboxylic acids is 1. The summed E-state index contributed by atoms with van der Waals surface area (Å²) in [6.07, 6.45) is 5.52. The summed E-state index contributed by atoms with van der Waals surface area (Å²) >= 11 is 0. The first-order valence-electron chi connectivity index (χ1n) is 6.98. The maximum Gasteiger partial charge on any atom is 0.328 e. The van der Waals surface area contributed by atoms with E-state index in [9.17, 15) is 9.59 Å². The second kappa shape index (κ2) is 6.99. The van der Waals surface area contributed by atoms with Crippen LogP contribution in [0.3, 0.4) is 0 Å². The van der Waals surface area contributed by atoms with Gasteiger partial charge in [-0.2, -0.15) is 0 Å². The van der Waals surface area contributed by atoms with Crippen LogP contribution in [0.2, 0.25) is 0 Å². The second-order valence-electron chi connectivity index (χ2n) is 4.90. The lowest BCUT2D eigenvalue weighted by Crippen LogP contribution is -2.48. The first-order valence-corrected chi connectivity index (χ1v) is 6.98. The lowest BCUT2D eigenvalue weighted by molar-refractivity contribution is -0.131. The van der Waals surface area contributed by atoms with Crippen LogP contribution in [0, 0.1) is 0 Å². The fourth-order valence-electron chi connectivity index (χ4n) is 2.28.